The predicted octanol–water partition coefficient (Wildman–Crippen LogP) is 3.76. The van der Waals surface area contributed by atoms with Crippen LogP contribution in [0.4, 0.5) is 0 Å². The molecule has 1 nitrogen and oxygen atoms in total. The Kier molecular flexibility index (Phi) is 20.7. The Morgan fingerprint density at radius 3 is 1.08 bits per heavy atom. The summed E-state index contributed by atoms with van der Waals surface area (Å²) in [5.74, 6) is 0. The SMILES string of the molecule is CCCCCCCCCC.CO. The minimum absolute atomic E-state index is 1.00. The average Bonchev–Trinajstić information content (AvgIpc) is 2.15. The second-order valence-electron chi connectivity index (χ2n) is 3.12. The first kappa shape index (κ1) is 14.5. The molecule has 0 aromatic rings. The monoisotopic (exact) mass is 174 g/mol. The summed E-state index contributed by atoms with van der Waals surface area (Å²) in [6.45, 7) is 4.54. The Bertz CT molecular complexity index is 45.0. The molecule has 0 fully saturated rings. The maximum Gasteiger partial charge on any atom is 0.0319 e. The molecule has 0 atom stereocenters. The van der Waals surface area contributed by atoms with Crippen LogP contribution in [0.25, 0.3) is 0 Å². The van der Waals surface area contributed by atoms with Crippen molar-refractivity contribution in [3.63, 3.8) is 0 Å². The van der Waals surface area contributed by atoms with Crippen LogP contribution in [0.15, 0.2) is 0 Å². The molecular weight excluding hydrogens is 148 g/mol. The number of unbranched alkanes of at least 4 members (excludes halogenated alkanes) is 7. The first-order chi connectivity index (χ1) is 5.91. The van der Waals surface area contributed by atoms with Gasteiger partial charge in [-0.15, -0.1) is 0 Å². The van der Waals surface area contributed by atoms with Gasteiger partial charge in [-0.05, 0) is 0 Å². The van der Waals surface area contributed by atoms with E-state index in [4.69, 9.17) is 5.11 Å². The normalized spacial score (nSPS) is 9.00. The van der Waals surface area contributed by atoms with Gasteiger partial charge in [0.1, 0.15) is 0 Å². The van der Waals surface area contributed by atoms with Crippen LogP contribution in [0.2, 0.25) is 0 Å². The summed E-state index contributed by atoms with van der Waals surface area (Å²) in [5, 5.41) is 7.00. The van der Waals surface area contributed by atoms with Gasteiger partial charge >= 0.3 is 0 Å². The van der Waals surface area contributed by atoms with Crippen molar-refractivity contribution in [1.82, 2.24) is 0 Å². The van der Waals surface area contributed by atoms with Gasteiger partial charge in [0.15, 0.2) is 0 Å². The molecule has 0 aromatic carbocycles. The second kappa shape index (κ2) is 17.2. The first-order valence-corrected chi connectivity index (χ1v) is 5.36. The van der Waals surface area contributed by atoms with Crippen LogP contribution in [0.3, 0.4) is 0 Å². The standard InChI is InChI=1S/C10H22.CH4O/c1-3-5-7-9-10-8-6-4-2;1-2/h3-10H2,1-2H3;2H,1H3. The van der Waals surface area contributed by atoms with Gasteiger partial charge in [-0.2, -0.15) is 0 Å². The Labute approximate surface area is 78.2 Å². The molecule has 0 spiro atoms. The average molecular weight is 174 g/mol. The molecule has 0 aromatic heterocycles. The molecule has 0 radical (unpaired) electrons. The van der Waals surface area contributed by atoms with Gasteiger partial charge in [-0.1, -0.05) is 65.2 Å². The third-order valence-electron chi connectivity index (χ3n) is 1.96. The van der Waals surface area contributed by atoms with Gasteiger partial charge in [-0.3, -0.25) is 0 Å². The van der Waals surface area contributed by atoms with Crippen molar-refractivity contribution in [3.05, 3.63) is 0 Å². The fraction of sp³-hybridized carbons (Fsp3) is 1.00. The maximum absolute atomic E-state index is 7.00. The molecular formula is C11H26O. The second-order valence-corrected chi connectivity index (χ2v) is 3.12. The van der Waals surface area contributed by atoms with E-state index in [0.717, 1.165) is 7.11 Å². The zero-order valence-corrected chi connectivity index (χ0v) is 9.10. The van der Waals surface area contributed by atoms with Crippen molar-refractivity contribution >= 4 is 0 Å². The van der Waals surface area contributed by atoms with Crippen LogP contribution in [0.5, 0.6) is 0 Å². The molecule has 0 heterocycles. The van der Waals surface area contributed by atoms with Gasteiger partial charge in [0, 0.05) is 7.11 Å². The summed E-state index contributed by atoms with van der Waals surface area (Å²) >= 11 is 0. The van der Waals surface area contributed by atoms with Crippen molar-refractivity contribution in [2.45, 2.75) is 65.2 Å². The van der Waals surface area contributed by atoms with Gasteiger partial charge in [-0.25, -0.2) is 0 Å². The van der Waals surface area contributed by atoms with Crippen LogP contribution in [-0.4, -0.2) is 12.2 Å². The van der Waals surface area contributed by atoms with Gasteiger partial charge in [0.05, 0.1) is 0 Å². The largest absolute Gasteiger partial charge is 0.400 e. The fourth-order valence-corrected chi connectivity index (χ4v) is 1.21. The third kappa shape index (κ3) is 16.5. The highest BCUT2D eigenvalue weighted by Gasteiger charge is 1.87. The van der Waals surface area contributed by atoms with Crippen LogP contribution >= 0.6 is 0 Å². The Morgan fingerprint density at radius 1 is 0.583 bits per heavy atom. The van der Waals surface area contributed by atoms with E-state index in [1.165, 1.54) is 51.4 Å². The molecule has 1 heteroatoms. The van der Waals surface area contributed by atoms with E-state index >= 15 is 0 Å². The van der Waals surface area contributed by atoms with E-state index in [0.29, 0.717) is 0 Å². The lowest BCUT2D eigenvalue weighted by molar-refractivity contribution is 0.399. The predicted molar refractivity (Wildman–Crippen MR) is 56.4 cm³/mol. The molecule has 0 unspecified atom stereocenters. The Morgan fingerprint density at radius 2 is 0.833 bits per heavy atom. The zero-order chi connectivity index (χ0) is 9.66. The first-order valence-electron chi connectivity index (χ1n) is 5.36. The van der Waals surface area contributed by atoms with E-state index in [-0.39, 0.29) is 0 Å². The molecule has 0 saturated heterocycles. The topological polar surface area (TPSA) is 20.2 Å². The van der Waals surface area contributed by atoms with Crippen LogP contribution in [-0.2, 0) is 0 Å². The van der Waals surface area contributed by atoms with Crippen molar-refractivity contribution in [2.24, 2.45) is 0 Å². The number of hydrogen-bond acceptors (Lipinski definition) is 1. The van der Waals surface area contributed by atoms with E-state index in [2.05, 4.69) is 13.8 Å². The Balaban J connectivity index is 0. The highest BCUT2D eigenvalue weighted by atomic mass is 16.2. The molecule has 0 amide bonds. The minimum Gasteiger partial charge on any atom is -0.400 e. The van der Waals surface area contributed by atoms with Gasteiger partial charge in [0.25, 0.3) is 0 Å². The van der Waals surface area contributed by atoms with E-state index in [9.17, 15) is 0 Å². The number of rotatable bonds is 7. The number of hydrogen-bond donors (Lipinski definition) is 1. The lowest BCUT2D eigenvalue weighted by atomic mass is 10.1. The number of aliphatic hydroxyl groups excluding tert-OH is 1. The zero-order valence-electron chi connectivity index (χ0n) is 9.10. The molecule has 0 saturated carbocycles. The lowest BCUT2D eigenvalue weighted by Gasteiger charge is -1.97. The molecule has 0 aliphatic rings. The minimum atomic E-state index is 1.00. The third-order valence-corrected chi connectivity index (χ3v) is 1.96. The summed E-state index contributed by atoms with van der Waals surface area (Å²) in [6, 6.07) is 0. The lowest BCUT2D eigenvalue weighted by Crippen LogP contribution is -1.77. The number of aliphatic hydroxyl groups is 1. The van der Waals surface area contributed by atoms with E-state index in [1.54, 1.807) is 0 Å². The fourth-order valence-electron chi connectivity index (χ4n) is 1.21. The van der Waals surface area contributed by atoms with Crippen molar-refractivity contribution < 1.29 is 5.11 Å². The molecule has 0 bridgehead atoms. The molecule has 0 aliphatic carbocycles. The summed E-state index contributed by atoms with van der Waals surface area (Å²) in [4.78, 5) is 0. The summed E-state index contributed by atoms with van der Waals surface area (Å²) in [7, 11) is 1.00. The quantitative estimate of drug-likeness (QED) is 0.583. The van der Waals surface area contributed by atoms with E-state index < -0.39 is 0 Å². The maximum atomic E-state index is 7.00. The summed E-state index contributed by atoms with van der Waals surface area (Å²) in [6.07, 6.45) is 11.5. The van der Waals surface area contributed by atoms with Crippen molar-refractivity contribution in [3.8, 4) is 0 Å². The molecule has 0 rings (SSSR count). The van der Waals surface area contributed by atoms with E-state index in [1.807, 2.05) is 0 Å². The van der Waals surface area contributed by atoms with Crippen molar-refractivity contribution in [1.29, 1.82) is 0 Å². The smallest absolute Gasteiger partial charge is 0.0319 e. The summed E-state index contributed by atoms with van der Waals surface area (Å²) < 4.78 is 0. The van der Waals surface area contributed by atoms with Gasteiger partial charge < -0.3 is 5.11 Å². The summed E-state index contributed by atoms with van der Waals surface area (Å²) in [5.41, 5.74) is 0. The molecule has 76 valence electrons. The highest BCUT2D eigenvalue weighted by Crippen LogP contribution is 2.07. The highest BCUT2D eigenvalue weighted by molar-refractivity contribution is 4.43. The molecule has 1 N–H and O–H groups in total. The van der Waals surface area contributed by atoms with Crippen molar-refractivity contribution in [2.75, 3.05) is 7.11 Å². The van der Waals surface area contributed by atoms with Crippen LogP contribution in [0.1, 0.15) is 65.2 Å². The molecule has 0 aliphatic heterocycles. The Hall–Kier alpha value is -0.0400. The van der Waals surface area contributed by atoms with Crippen LogP contribution in [0, 0.1) is 0 Å². The molecule has 12 heavy (non-hydrogen) atoms. The van der Waals surface area contributed by atoms with Gasteiger partial charge in [0.2, 0.25) is 0 Å². The van der Waals surface area contributed by atoms with Crippen LogP contribution < -0.4 is 0 Å².